The van der Waals surface area contributed by atoms with Gasteiger partial charge < -0.3 is 10.6 Å². The second kappa shape index (κ2) is 8.61. The van der Waals surface area contributed by atoms with Crippen LogP contribution < -0.4 is 10.6 Å². The largest absolute Gasteiger partial charge is 0.332 e. The average Bonchev–Trinajstić information content (AvgIpc) is 2.83. The van der Waals surface area contributed by atoms with Crippen molar-refractivity contribution < 1.29 is 0 Å². The van der Waals surface area contributed by atoms with E-state index in [2.05, 4.69) is 43.8 Å². The fraction of sp³-hybridized carbons (Fsp3) is 0.158. The smallest absolute Gasteiger partial charge is 0.175 e. The van der Waals surface area contributed by atoms with Gasteiger partial charge in [-0.1, -0.05) is 51.3 Å². The molecular weight excluding hydrogens is 467 g/mol. The highest BCUT2D eigenvalue weighted by Gasteiger charge is 2.13. The normalized spacial score (nSPS) is 10.7. The van der Waals surface area contributed by atoms with Crippen molar-refractivity contribution in [2.24, 2.45) is 0 Å². The molecule has 27 heavy (non-hydrogen) atoms. The molecule has 8 heteroatoms. The van der Waals surface area contributed by atoms with E-state index in [4.69, 9.17) is 35.4 Å². The molecule has 2 N–H and O–H groups in total. The molecule has 0 fully saturated rings. The number of thiocarbonyl (C=S) groups is 1. The van der Waals surface area contributed by atoms with E-state index in [9.17, 15) is 0 Å². The summed E-state index contributed by atoms with van der Waals surface area (Å²) in [6, 6.07) is 13.4. The van der Waals surface area contributed by atoms with Crippen LogP contribution in [0.15, 0.2) is 46.9 Å². The summed E-state index contributed by atoms with van der Waals surface area (Å²) in [6.07, 6.45) is 0. The number of hydrogen-bond acceptors (Lipinski definition) is 2. The van der Waals surface area contributed by atoms with Gasteiger partial charge in [0, 0.05) is 20.2 Å². The molecule has 0 saturated carbocycles. The number of anilines is 2. The lowest BCUT2D eigenvalue weighted by atomic mass is 10.2. The number of nitrogens with zero attached hydrogens (tertiary/aromatic N) is 2. The maximum absolute atomic E-state index is 6.03. The molecule has 0 aliphatic carbocycles. The van der Waals surface area contributed by atoms with E-state index in [1.807, 2.05) is 30.7 Å². The molecule has 2 aromatic carbocycles. The number of aromatic nitrogens is 2. The second-order valence-electron chi connectivity index (χ2n) is 6.07. The maximum Gasteiger partial charge on any atom is 0.175 e. The van der Waals surface area contributed by atoms with Gasteiger partial charge in [-0.3, -0.25) is 4.68 Å². The Morgan fingerprint density at radius 3 is 2.33 bits per heavy atom. The van der Waals surface area contributed by atoms with Crippen molar-refractivity contribution in [2.75, 3.05) is 10.6 Å². The van der Waals surface area contributed by atoms with E-state index in [1.54, 1.807) is 18.2 Å². The van der Waals surface area contributed by atoms with Crippen LogP contribution in [0.2, 0.25) is 10.0 Å². The van der Waals surface area contributed by atoms with Crippen molar-refractivity contribution in [3.63, 3.8) is 0 Å². The fourth-order valence-electron chi connectivity index (χ4n) is 2.70. The first-order valence-electron chi connectivity index (χ1n) is 8.14. The third-order valence-electron chi connectivity index (χ3n) is 3.99. The Balaban J connectivity index is 1.74. The molecular formula is C19H17BrCl2N4S. The molecule has 0 radical (unpaired) electrons. The van der Waals surface area contributed by atoms with Gasteiger partial charge in [-0.2, -0.15) is 5.10 Å². The molecule has 0 aliphatic heterocycles. The minimum absolute atomic E-state index is 0.447. The highest BCUT2D eigenvalue weighted by molar-refractivity contribution is 9.10. The standard InChI is InChI=1S/C19H17BrCl2N4S/c1-11-18(24-19(27)23-17-8-15(21)7-16(22)9-17)12(2)26(25-11)10-13-3-5-14(20)6-4-13/h3-9H,10H2,1-2H3,(H2,23,24,27). The molecule has 0 unspecified atom stereocenters. The summed E-state index contributed by atoms with van der Waals surface area (Å²) >= 11 is 20.9. The molecule has 1 heterocycles. The molecule has 3 aromatic rings. The molecule has 3 rings (SSSR count). The minimum atomic E-state index is 0.447. The van der Waals surface area contributed by atoms with E-state index < -0.39 is 0 Å². The van der Waals surface area contributed by atoms with Crippen molar-refractivity contribution in [3.8, 4) is 0 Å². The van der Waals surface area contributed by atoms with Gasteiger partial charge in [-0.05, 0) is 62.0 Å². The van der Waals surface area contributed by atoms with Crippen LogP contribution in [0.5, 0.6) is 0 Å². The van der Waals surface area contributed by atoms with E-state index in [-0.39, 0.29) is 0 Å². The lowest BCUT2D eigenvalue weighted by molar-refractivity contribution is 0.659. The lowest BCUT2D eigenvalue weighted by Gasteiger charge is -2.12. The van der Waals surface area contributed by atoms with Crippen LogP contribution in [-0.4, -0.2) is 14.9 Å². The zero-order chi connectivity index (χ0) is 19.6. The Hall–Kier alpha value is -1.60. The van der Waals surface area contributed by atoms with Crippen molar-refractivity contribution in [3.05, 3.63) is 73.9 Å². The quantitative estimate of drug-likeness (QED) is 0.419. The summed E-state index contributed by atoms with van der Waals surface area (Å²) in [4.78, 5) is 0. The van der Waals surface area contributed by atoms with Gasteiger partial charge in [0.15, 0.2) is 5.11 Å². The highest BCUT2D eigenvalue weighted by atomic mass is 79.9. The number of rotatable bonds is 4. The number of benzene rings is 2. The molecule has 0 spiro atoms. The first kappa shape index (κ1) is 20.1. The van der Waals surface area contributed by atoms with Crippen LogP contribution in [0.4, 0.5) is 11.4 Å². The summed E-state index contributed by atoms with van der Waals surface area (Å²) in [5, 5.41) is 12.5. The summed E-state index contributed by atoms with van der Waals surface area (Å²) in [6.45, 7) is 4.65. The molecule has 1 aromatic heterocycles. The zero-order valence-corrected chi connectivity index (χ0v) is 18.6. The maximum atomic E-state index is 6.03. The first-order chi connectivity index (χ1) is 12.8. The van der Waals surface area contributed by atoms with Crippen LogP contribution in [0.3, 0.4) is 0 Å². The van der Waals surface area contributed by atoms with Crippen LogP contribution in [0.1, 0.15) is 17.0 Å². The molecule has 140 valence electrons. The monoisotopic (exact) mass is 482 g/mol. The molecule has 4 nitrogen and oxygen atoms in total. The Morgan fingerprint density at radius 2 is 1.70 bits per heavy atom. The van der Waals surface area contributed by atoms with Crippen LogP contribution >= 0.6 is 51.3 Å². The first-order valence-corrected chi connectivity index (χ1v) is 10.1. The van der Waals surface area contributed by atoms with E-state index >= 15 is 0 Å². The Kier molecular flexibility index (Phi) is 6.42. The molecule has 0 bridgehead atoms. The summed E-state index contributed by atoms with van der Waals surface area (Å²) in [5.41, 5.74) is 4.66. The zero-order valence-electron chi connectivity index (χ0n) is 14.7. The molecule has 0 atom stereocenters. The predicted octanol–water partition coefficient (Wildman–Crippen LogP) is 6.43. The van der Waals surface area contributed by atoms with Gasteiger partial charge in [0.05, 0.1) is 23.6 Å². The van der Waals surface area contributed by atoms with Crippen molar-refractivity contribution in [1.82, 2.24) is 9.78 Å². The third kappa shape index (κ3) is 5.23. The fourth-order valence-corrected chi connectivity index (χ4v) is 3.71. The molecule has 0 aliphatic rings. The number of halogens is 3. The highest BCUT2D eigenvalue weighted by Crippen LogP contribution is 2.24. The van der Waals surface area contributed by atoms with E-state index in [0.29, 0.717) is 21.7 Å². The second-order valence-corrected chi connectivity index (χ2v) is 8.26. The SMILES string of the molecule is Cc1nn(Cc2ccc(Br)cc2)c(C)c1NC(=S)Nc1cc(Cl)cc(Cl)c1. The third-order valence-corrected chi connectivity index (χ3v) is 5.16. The number of aryl methyl sites for hydroxylation is 1. The topological polar surface area (TPSA) is 41.9 Å². The predicted molar refractivity (Wildman–Crippen MR) is 121 cm³/mol. The van der Waals surface area contributed by atoms with Gasteiger partial charge in [-0.15, -0.1) is 0 Å². The summed E-state index contributed by atoms with van der Waals surface area (Å²) in [5.74, 6) is 0. The van der Waals surface area contributed by atoms with Crippen LogP contribution in [0, 0.1) is 13.8 Å². The molecule has 0 amide bonds. The lowest BCUT2D eigenvalue weighted by Crippen LogP contribution is -2.20. The van der Waals surface area contributed by atoms with Gasteiger partial charge in [0.1, 0.15) is 0 Å². The van der Waals surface area contributed by atoms with Crippen molar-refractivity contribution >= 4 is 67.8 Å². The van der Waals surface area contributed by atoms with E-state index in [1.165, 1.54) is 5.56 Å². The number of hydrogen-bond donors (Lipinski definition) is 2. The van der Waals surface area contributed by atoms with Gasteiger partial charge in [-0.25, -0.2) is 0 Å². The van der Waals surface area contributed by atoms with Gasteiger partial charge in [0.25, 0.3) is 0 Å². The van der Waals surface area contributed by atoms with Gasteiger partial charge >= 0.3 is 0 Å². The minimum Gasteiger partial charge on any atom is -0.332 e. The van der Waals surface area contributed by atoms with Crippen LogP contribution in [-0.2, 0) is 6.54 Å². The Bertz CT molecular complexity index is 966. The average molecular weight is 484 g/mol. The van der Waals surface area contributed by atoms with Crippen molar-refractivity contribution in [1.29, 1.82) is 0 Å². The van der Waals surface area contributed by atoms with E-state index in [0.717, 1.165) is 27.2 Å². The van der Waals surface area contributed by atoms with Crippen molar-refractivity contribution in [2.45, 2.75) is 20.4 Å². The molecule has 0 saturated heterocycles. The number of nitrogens with one attached hydrogen (secondary N) is 2. The summed E-state index contributed by atoms with van der Waals surface area (Å²) in [7, 11) is 0. The summed E-state index contributed by atoms with van der Waals surface area (Å²) < 4.78 is 3.01. The Morgan fingerprint density at radius 1 is 1.07 bits per heavy atom. The van der Waals surface area contributed by atoms with Gasteiger partial charge in [0.2, 0.25) is 0 Å². The Labute approximate surface area is 182 Å². The van der Waals surface area contributed by atoms with Crippen LogP contribution in [0.25, 0.3) is 0 Å².